The van der Waals surface area contributed by atoms with Gasteiger partial charge in [0.05, 0.1) is 0 Å². The van der Waals surface area contributed by atoms with Crippen molar-refractivity contribution in [1.29, 1.82) is 0 Å². The Bertz CT molecular complexity index is 416. The van der Waals surface area contributed by atoms with Crippen LogP contribution in [0.5, 0.6) is 11.5 Å². The molecular formula is C13H16BrNO2. The molecule has 0 bridgehead atoms. The number of nitrogens with one attached hydrogen (secondary N) is 1. The van der Waals surface area contributed by atoms with Crippen molar-refractivity contribution in [3.63, 3.8) is 0 Å². The highest BCUT2D eigenvalue weighted by Crippen LogP contribution is 2.37. The topological polar surface area (TPSA) is 30.5 Å². The molecule has 1 fully saturated rings. The van der Waals surface area contributed by atoms with Crippen LogP contribution < -0.4 is 14.8 Å². The highest BCUT2D eigenvalue weighted by molar-refractivity contribution is 9.10. The molecule has 2 aliphatic rings. The Hall–Kier alpha value is -0.740. The van der Waals surface area contributed by atoms with Crippen LogP contribution in [0, 0.1) is 0 Å². The van der Waals surface area contributed by atoms with E-state index in [1.54, 1.807) is 0 Å². The van der Waals surface area contributed by atoms with E-state index in [-0.39, 0.29) is 0 Å². The zero-order valence-electron chi connectivity index (χ0n) is 9.67. The first-order chi connectivity index (χ1) is 8.33. The van der Waals surface area contributed by atoms with Crippen LogP contribution in [-0.4, -0.2) is 12.8 Å². The highest BCUT2D eigenvalue weighted by Gasteiger charge is 2.18. The van der Waals surface area contributed by atoms with Gasteiger partial charge in [0, 0.05) is 17.1 Å². The lowest BCUT2D eigenvalue weighted by Crippen LogP contribution is -2.25. The lowest BCUT2D eigenvalue weighted by Gasteiger charge is -2.13. The third-order valence-corrected chi connectivity index (χ3v) is 4.22. The Morgan fingerprint density at radius 2 is 1.88 bits per heavy atom. The quantitative estimate of drug-likeness (QED) is 0.929. The number of benzene rings is 1. The van der Waals surface area contributed by atoms with E-state index in [1.807, 2.05) is 6.07 Å². The van der Waals surface area contributed by atoms with Crippen LogP contribution >= 0.6 is 15.9 Å². The Balaban J connectivity index is 1.69. The van der Waals surface area contributed by atoms with Gasteiger partial charge in [-0.05, 0) is 30.5 Å². The summed E-state index contributed by atoms with van der Waals surface area (Å²) in [6.45, 7) is 1.23. The van der Waals surface area contributed by atoms with Crippen molar-refractivity contribution in [2.24, 2.45) is 0 Å². The largest absolute Gasteiger partial charge is 0.454 e. The van der Waals surface area contributed by atoms with Crippen LogP contribution in [0.2, 0.25) is 0 Å². The first-order valence-electron chi connectivity index (χ1n) is 6.14. The summed E-state index contributed by atoms with van der Waals surface area (Å²) >= 11 is 3.58. The van der Waals surface area contributed by atoms with Crippen molar-refractivity contribution >= 4 is 15.9 Å². The number of hydrogen-bond acceptors (Lipinski definition) is 3. The molecule has 3 rings (SSSR count). The molecule has 0 radical (unpaired) electrons. The molecule has 0 aromatic heterocycles. The van der Waals surface area contributed by atoms with Crippen molar-refractivity contribution in [3.8, 4) is 11.5 Å². The Kier molecular flexibility index (Phi) is 3.25. The summed E-state index contributed by atoms with van der Waals surface area (Å²) in [6, 6.07) is 4.75. The zero-order valence-corrected chi connectivity index (χ0v) is 11.3. The predicted octanol–water partition coefficient (Wildman–Crippen LogP) is 3.21. The third-order valence-electron chi connectivity index (χ3n) is 3.48. The van der Waals surface area contributed by atoms with Crippen molar-refractivity contribution in [3.05, 3.63) is 22.2 Å². The van der Waals surface area contributed by atoms with Gasteiger partial charge in [-0.3, -0.25) is 0 Å². The monoisotopic (exact) mass is 297 g/mol. The summed E-state index contributed by atoms with van der Waals surface area (Å²) in [6.07, 6.45) is 5.34. The SMILES string of the molecule is Brc1cc2c(cc1CNC1CCCC1)OCO2. The van der Waals surface area contributed by atoms with Crippen LogP contribution in [0.3, 0.4) is 0 Å². The van der Waals surface area contributed by atoms with Gasteiger partial charge < -0.3 is 14.8 Å². The number of rotatable bonds is 3. The number of fused-ring (bicyclic) bond motifs is 1. The Morgan fingerprint density at radius 3 is 2.65 bits per heavy atom. The molecule has 1 aliphatic heterocycles. The van der Waals surface area contributed by atoms with Crippen LogP contribution in [0.25, 0.3) is 0 Å². The first kappa shape index (κ1) is 11.4. The summed E-state index contributed by atoms with van der Waals surface area (Å²) in [5.74, 6) is 1.69. The normalized spacial score (nSPS) is 18.9. The number of ether oxygens (including phenoxy) is 2. The lowest BCUT2D eigenvalue weighted by molar-refractivity contribution is 0.174. The van der Waals surface area contributed by atoms with E-state index >= 15 is 0 Å². The third kappa shape index (κ3) is 2.43. The van der Waals surface area contributed by atoms with Crippen molar-refractivity contribution in [1.82, 2.24) is 5.32 Å². The van der Waals surface area contributed by atoms with Gasteiger partial charge in [0.25, 0.3) is 0 Å². The van der Waals surface area contributed by atoms with E-state index in [9.17, 15) is 0 Å². The maximum atomic E-state index is 5.40. The summed E-state index contributed by atoms with van der Waals surface area (Å²) in [4.78, 5) is 0. The van der Waals surface area contributed by atoms with Gasteiger partial charge in [-0.25, -0.2) is 0 Å². The molecular weight excluding hydrogens is 282 g/mol. The molecule has 4 heteroatoms. The smallest absolute Gasteiger partial charge is 0.231 e. The number of halogens is 1. The molecule has 92 valence electrons. The molecule has 1 heterocycles. The molecule has 1 aromatic carbocycles. The molecule has 1 saturated carbocycles. The minimum absolute atomic E-state index is 0.335. The molecule has 1 aliphatic carbocycles. The fourth-order valence-electron chi connectivity index (χ4n) is 2.48. The zero-order chi connectivity index (χ0) is 11.7. The van der Waals surface area contributed by atoms with E-state index in [0.29, 0.717) is 12.8 Å². The Labute approximate surface area is 110 Å². The second-order valence-electron chi connectivity index (χ2n) is 4.66. The first-order valence-corrected chi connectivity index (χ1v) is 6.93. The van der Waals surface area contributed by atoms with E-state index in [0.717, 1.165) is 22.5 Å². The Morgan fingerprint density at radius 1 is 1.18 bits per heavy atom. The maximum absolute atomic E-state index is 5.40. The molecule has 0 unspecified atom stereocenters. The van der Waals surface area contributed by atoms with Crippen LogP contribution in [-0.2, 0) is 6.54 Å². The van der Waals surface area contributed by atoms with Gasteiger partial charge in [-0.2, -0.15) is 0 Å². The van der Waals surface area contributed by atoms with Gasteiger partial charge in [-0.1, -0.05) is 28.8 Å². The van der Waals surface area contributed by atoms with E-state index in [4.69, 9.17) is 9.47 Å². The van der Waals surface area contributed by atoms with Gasteiger partial charge in [-0.15, -0.1) is 0 Å². The van der Waals surface area contributed by atoms with Crippen LogP contribution in [0.1, 0.15) is 31.2 Å². The van der Waals surface area contributed by atoms with E-state index in [1.165, 1.54) is 31.2 Å². The molecule has 17 heavy (non-hydrogen) atoms. The van der Waals surface area contributed by atoms with Crippen molar-refractivity contribution in [2.45, 2.75) is 38.3 Å². The van der Waals surface area contributed by atoms with E-state index in [2.05, 4.69) is 27.3 Å². The minimum Gasteiger partial charge on any atom is -0.454 e. The summed E-state index contributed by atoms with van der Waals surface area (Å²) < 4.78 is 11.8. The number of hydrogen-bond donors (Lipinski definition) is 1. The fraction of sp³-hybridized carbons (Fsp3) is 0.538. The predicted molar refractivity (Wildman–Crippen MR) is 69.4 cm³/mol. The molecule has 0 saturated heterocycles. The van der Waals surface area contributed by atoms with Gasteiger partial charge in [0.15, 0.2) is 11.5 Å². The van der Waals surface area contributed by atoms with Crippen molar-refractivity contribution < 1.29 is 9.47 Å². The standard InChI is InChI=1S/C13H16BrNO2/c14-11-6-13-12(16-8-17-13)5-9(11)7-15-10-3-1-2-4-10/h5-6,10,15H,1-4,7-8H2. The van der Waals surface area contributed by atoms with Crippen LogP contribution in [0.15, 0.2) is 16.6 Å². The average molecular weight is 298 g/mol. The molecule has 1 aromatic rings. The second-order valence-corrected chi connectivity index (χ2v) is 5.51. The maximum Gasteiger partial charge on any atom is 0.231 e. The fourth-order valence-corrected chi connectivity index (χ4v) is 2.94. The second kappa shape index (κ2) is 4.86. The average Bonchev–Trinajstić information content (AvgIpc) is 2.95. The van der Waals surface area contributed by atoms with Gasteiger partial charge in [0.2, 0.25) is 6.79 Å². The summed E-state index contributed by atoms with van der Waals surface area (Å²) in [5, 5.41) is 3.60. The molecule has 1 N–H and O–H groups in total. The van der Waals surface area contributed by atoms with E-state index < -0.39 is 0 Å². The molecule has 3 nitrogen and oxygen atoms in total. The van der Waals surface area contributed by atoms with Gasteiger partial charge in [0.1, 0.15) is 0 Å². The minimum atomic E-state index is 0.335. The molecule has 0 amide bonds. The summed E-state index contributed by atoms with van der Waals surface area (Å²) in [5.41, 5.74) is 1.24. The molecule has 0 atom stereocenters. The summed E-state index contributed by atoms with van der Waals surface area (Å²) in [7, 11) is 0. The highest BCUT2D eigenvalue weighted by atomic mass is 79.9. The molecule has 0 spiro atoms. The van der Waals surface area contributed by atoms with Gasteiger partial charge >= 0.3 is 0 Å². The van der Waals surface area contributed by atoms with Crippen LogP contribution in [0.4, 0.5) is 0 Å². The van der Waals surface area contributed by atoms with Crippen molar-refractivity contribution in [2.75, 3.05) is 6.79 Å². The lowest BCUT2D eigenvalue weighted by atomic mass is 10.1.